The molecular formula is C34H46O4Si2. The van der Waals surface area contributed by atoms with Gasteiger partial charge in [-0.2, -0.15) is 0 Å². The first-order valence-electron chi connectivity index (χ1n) is 13.8. The summed E-state index contributed by atoms with van der Waals surface area (Å²) >= 11 is 0. The summed E-state index contributed by atoms with van der Waals surface area (Å²) in [6.45, 7) is 24.1. The van der Waals surface area contributed by atoms with E-state index in [-0.39, 0.29) is 23.0 Å². The second kappa shape index (κ2) is 14.3. The molecule has 0 aliphatic rings. The molecule has 2 unspecified atom stereocenters. The maximum Gasteiger partial charge on any atom is 0.328 e. The fraction of sp³-hybridized carbons (Fsp3) is 0.441. The summed E-state index contributed by atoms with van der Waals surface area (Å²) in [5.41, 5.74) is 5.96. The van der Waals surface area contributed by atoms with Crippen molar-refractivity contribution in [1.29, 1.82) is 0 Å². The van der Waals surface area contributed by atoms with Crippen LogP contribution in [0, 0.1) is 22.7 Å². The lowest BCUT2D eigenvalue weighted by atomic mass is 9.77. The molecule has 0 aromatic heterocycles. The second-order valence-corrected chi connectivity index (χ2v) is 16.9. The third kappa shape index (κ3) is 10.4. The summed E-state index contributed by atoms with van der Waals surface area (Å²) < 4.78 is 13.3. The molecule has 0 bridgehead atoms. The Morgan fingerprint density at radius 2 is 1.35 bits per heavy atom. The third-order valence-electron chi connectivity index (χ3n) is 6.19. The first-order valence-corrected chi connectivity index (χ1v) is 18.6. The van der Waals surface area contributed by atoms with Crippen molar-refractivity contribution in [1.82, 2.24) is 0 Å². The molecule has 0 aliphatic carbocycles. The van der Waals surface area contributed by atoms with E-state index >= 15 is 0 Å². The Balaban J connectivity index is 2.63. The van der Waals surface area contributed by atoms with Gasteiger partial charge in [-0.15, -0.1) is 0 Å². The number of allylic oxidation sites excluding steroid dienone is 3. The number of carboxylic acids is 1. The van der Waals surface area contributed by atoms with Gasteiger partial charge in [0.1, 0.15) is 0 Å². The predicted molar refractivity (Wildman–Crippen MR) is 171 cm³/mol. The molecule has 0 fully saturated rings. The van der Waals surface area contributed by atoms with Crippen molar-refractivity contribution in [3.8, 4) is 11.8 Å². The molecule has 1 N–H and O–H groups in total. The minimum atomic E-state index is -0.967. The molecule has 6 heteroatoms. The first kappa shape index (κ1) is 33.5. The first-order chi connectivity index (χ1) is 18.5. The molecular weight excluding hydrogens is 529 g/mol. The Morgan fingerprint density at radius 1 is 0.825 bits per heavy atom. The highest BCUT2D eigenvalue weighted by Crippen LogP contribution is 2.45. The highest BCUT2D eigenvalue weighted by Gasteiger charge is 2.36. The maximum absolute atomic E-state index is 10.8. The molecule has 2 rings (SSSR count). The lowest BCUT2D eigenvalue weighted by molar-refractivity contribution is -0.131. The number of hydrogen-bond donors (Lipinski definition) is 1. The van der Waals surface area contributed by atoms with Crippen molar-refractivity contribution >= 4 is 29.6 Å². The number of aliphatic carboxylic acids is 1. The lowest BCUT2D eigenvalue weighted by Crippen LogP contribution is -2.31. The standard InChI is InChI=1S/C34H46O4Si2/c1-24(14-12-17-30(35)36)27-16-13-15-25(22-27)18-19-26-20-21-28(31(33(2,3)4)37-39(8)9)29(23-26)32(34(5,6)7)38-40(10)11/h12-17,20-23,31-32H,1-11H3,(H,35,36). The molecule has 2 aromatic carbocycles. The van der Waals surface area contributed by atoms with Gasteiger partial charge in [-0.25, -0.2) is 4.79 Å². The number of carboxylic acid groups (broad SMARTS) is 1. The van der Waals surface area contributed by atoms with Crippen molar-refractivity contribution in [2.75, 3.05) is 0 Å². The van der Waals surface area contributed by atoms with Crippen LogP contribution in [0.15, 0.2) is 60.7 Å². The van der Waals surface area contributed by atoms with Crippen LogP contribution in [0.1, 0.15) is 88.5 Å². The number of benzene rings is 2. The van der Waals surface area contributed by atoms with Gasteiger partial charge in [0.05, 0.1) is 12.2 Å². The van der Waals surface area contributed by atoms with Crippen LogP contribution in [0.3, 0.4) is 0 Å². The van der Waals surface area contributed by atoms with Gasteiger partial charge in [-0.1, -0.05) is 83.7 Å². The zero-order valence-electron chi connectivity index (χ0n) is 26.1. The van der Waals surface area contributed by atoms with E-state index in [2.05, 4.69) is 97.8 Å². The van der Waals surface area contributed by atoms with E-state index in [1.54, 1.807) is 12.2 Å². The molecule has 2 radical (unpaired) electrons. The van der Waals surface area contributed by atoms with E-state index in [1.165, 1.54) is 5.56 Å². The topological polar surface area (TPSA) is 55.8 Å². The van der Waals surface area contributed by atoms with E-state index in [0.717, 1.165) is 33.9 Å². The fourth-order valence-electron chi connectivity index (χ4n) is 4.36. The molecule has 0 saturated carbocycles. The zero-order valence-corrected chi connectivity index (χ0v) is 28.1. The van der Waals surface area contributed by atoms with Gasteiger partial charge in [-0.3, -0.25) is 0 Å². The van der Waals surface area contributed by atoms with Crippen molar-refractivity contribution < 1.29 is 18.8 Å². The highest BCUT2D eigenvalue weighted by molar-refractivity contribution is 6.48. The monoisotopic (exact) mass is 574 g/mol. The molecule has 40 heavy (non-hydrogen) atoms. The average Bonchev–Trinajstić information content (AvgIpc) is 2.83. The Labute approximate surface area is 246 Å². The molecule has 2 atom stereocenters. The number of carbonyl (C=O) groups is 1. The average molecular weight is 575 g/mol. The van der Waals surface area contributed by atoms with Gasteiger partial charge in [0.25, 0.3) is 0 Å². The van der Waals surface area contributed by atoms with Crippen LogP contribution in [0.4, 0.5) is 0 Å². The zero-order chi connectivity index (χ0) is 30.3. The van der Waals surface area contributed by atoms with Crippen molar-refractivity contribution in [2.45, 2.75) is 86.9 Å². The van der Waals surface area contributed by atoms with Gasteiger partial charge in [0.2, 0.25) is 18.1 Å². The normalized spacial score (nSPS) is 14.4. The molecule has 0 amide bonds. The summed E-state index contributed by atoms with van der Waals surface area (Å²) in [5, 5.41) is 8.84. The maximum atomic E-state index is 10.8. The van der Waals surface area contributed by atoms with Crippen molar-refractivity contribution in [3.05, 3.63) is 88.5 Å². The van der Waals surface area contributed by atoms with E-state index in [4.69, 9.17) is 14.0 Å². The molecule has 0 saturated heterocycles. The van der Waals surface area contributed by atoms with E-state index in [0.29, 0.717) is 0 Å². The lowest BCUT2D eigenvalue weighted by Gasteiger charge is -2.39. The van der Waals surface area contributed by atoms with Crippen molar-refractivity contribution in [3.63, 3.8) is 0 Å². The summed E-state index contributed by atoms with van der Waals surface area (Å²) in [6.07, 6.45) is 4.33. The van der Waals surface area contributed by atoms with Crippen LogP contribution in [-0.2, 0) is 13.6 Å². The molecule has 2 aromatic rings. The Bertz CT molecular complexity index is 1280. The number of hydrogen-bond acceptors (Lipinski definition) is 3. The second-order valence-electron chi connectivity index (χ2n) is 12.8. The smallest absolute Gasteiger partial charge is 0.328 e. The number of rotatable bonds is 9. The quantitative estimate of drug-likeness (QED) is 0.141. The van der Waals surface area contributed by atoms with Crippen molar-refractivity contribution in [2.24, 2.45) is 10.8 Å². The molecule has 214 valence electrons. The SMILES string of the molecule is CC(=CC=CC(=O)O)c1cccc(C#Cc2ccc(C(O[Si](C)C)C(C)(C)C)c(C(O[Si](C)C)C(C)(C)C)c2)c1. The van der Waals surface area contributed by atoms with Crippen LogP contribution in [-0.4, -0.2) is 29.2 Å². The van der Waals surface area contributed by atoms with Gasteiger partial charge < -0.3 is 14.0 Å². The molecule has 0 spiro atoms. The summed E-state index contributed by atoms with van der Waals surface area (Å²) in [5.74, 6) is 5.76. The van der Waals surface area contributed by atoms with Crippen LogP contribution in [0.25, 0.3) is 5.57 Å². The minimum absolute atomic E-state index is 0.0483. The van der Waals surface area contributed by atoms with Crippen LogP contribution in [0.2, 0.25) is 26.2 Å². The van der Waals surface area contributed by atoms with E-state index < -0.39 is 24.0 Å². The Kier molecular flexibility index (Phi) is 12.0. The van der Waals surface area contributed by atoms with Crippen LogP contribution in [0.5, 0.6) is 0 Å². The molecule has 0 aliphatic heterocycles. The van der Waals surface area contributed by atoms with Crippen LogP contribution < -0.4 is 0 Å². The van der Waals surface area contributed by atoms with E-state index in [9.17, 15) is 4.79 Å². The van der Waals surface area contributed by atoms with Crippen LogP contribution >= 0.6 is 0 Å². The Hall–Kier alpha value is -2.70. The Morgan fingerprint density at radius 3 is 1.85 bits per heavy atom. The van der Waals surface area contributed by atoms with Gasteiger partial charge in [-0.05, 0) is 90.5 Å². The van der Waals surface area contributed by atoms with Gasteiger partial charge in [0.15, 0.2) is 0 Å². The minimum Gasteiger partial charge on any atom is -0.478 e. The van der Waals surface area contributed by atoms with E-state index in [1.807, 2.05) is 31.2 Å². The highest BCUT2D eigenvalue weighted by atomic mass is 28.3. The fourth-order valence-corrected chi connectivity index (χ4v) is 6.26. The molecule has 4 nitrogen and oxygen atoms in total. The van der Waals surface area contributed by atoms with Gasteiger partial charge >= 0.3 is 5.97 Å². The van der Waals surface area contributed by atoms with Gasteiger partial charge in [0, 0.05) is 17.2 Å². The predicted octanol–water partition coefficient (Wildman–Crippen LogP) is 8.84. The third-order valence-corrected chi connectivity index (χ3v) is 7.60. The summed E-state index contributed by atoms with van der Waals surface area (Å²) in [7, 11) is -1.91. The molecule has 0 heterocycles. The largest absolute Gasteiger partial charge is 0.478 e. The summed E-state index contributed by atoms with van der Waals surface area (Å²) in [4.78, 5) is 10.8. The summed E-state index contributed by atoms with van der Waals surface area (Å²) in [6, 6.07) is 14.5.